The van der Waals surface area contributed by atoms with E-state index in [1.807, 2.05) is 6.08 Å². The first-order valence-corrected chi connectivity index (χ1v) is 6.98. The molecule has 0 spiro atoms. The molecule has 3 rings (SSSR count). The second-order valence-corrected chi connectivity index (χ2v) is 5.34. The second-order valence-electron chi connectivity index (χ2n) is 5.34. The van der Waals surface area contributed by atoms with E-state index in [-0.39, 0.29) is 0 Å². The Balaban J connectivity index is 1.80. The Hall–Kier alpha value is -1.34. The normalized spacial score (nSPS) is 36.7. The van der Waals surface area contributed by atoms with Gasteiger partial charge in [0.2, 0.25) is 0 Å². The van der Waals surface area contributed by atoms with Crippen LogP contribution in [0.5, 0.6) is 0 Å². The Kier molecular flexibility index (Phi) is 3.33. The lowest BCUT2D eigenvalue weighted by Crippen LogP contribution is -2.37. The maximum Gasteiger partial charge on any atom is 0.0356 e. The molecule has 4 atom stereocenters. The number of hydrogen-bond donors (Lipinski definition) is 0. The van der Waals surface area contributed by atoms with Crippen molar-refractivity contribution in [2.24, 2.45) is 11.8 Å². The van der Waals surface area contributed by atoms with Gasteiger partial charge in [-0.2, -0.15) is 0 Å². The summed E-state index contributed by atoms with van der Waals surface area (Å²) < 4.78 is 0. The maximum absolute atomic E-state index is 3.82. The fraction of sp³-hybridized carbons (Fsp3) is 0.412. The van der Waals surface area contributed by atoms with Crippen LogP contribution in [0.3, 0.4) is 0 Å². The lowest BCUT2D eigenvalue weighted by Gasteiger charge is -2.29. The van der Waals surface area contributed by atoms with Crippen molar-refractivity contribution in [3.8, 4) is 0 Å². The van der Waals surface area contributed by atoms with E-state index in [9.17, 15) is 0 Å². The van der Waals surface area contributed by atoms with E-state index >= 15 is 0 Å². The largest absolute Gasteiger partial charge is 0.289 e. The van der Waals surface area contributed by atoms with Crippen molar-refractivity contribution in [1.29, 1.82) is 0 Å². The van der Waals surface area contributed by atoms with Crippen LogP contribution in [-0.4, -0.2) is 23.5 Å². The molecule has 0 aromatic rings. The number of unbranched alkanes of at least 4 members (excludes halogenated alkanes) is 1. The van der Waals surface area contributed by atoms with E-state index < -0.39 is 0 Å². The van der Waals surface area contributed by atoms with Gasteiger partial charge in [-0.15, -0.1) is 6.58 Å². The average Bonchev–Trinajstić information content (AvgIpc) is 2.74. The van der Waals surface area contributed by atoms with E-state index in [1.54, 1.807) is 0 Å². The fourth-order valence-electron chi connectivity index (χ4n) is 3.52. The Morgan fingerprint density at radius 3 is 2.00 bits per heavy atom. The molecule has 0 aromatic carbocycles. The summed E-state index contributed by atoms with van der Waals surface area (Å²) in [6, 6.07) is 1.17. The second kappa shape index (κ2) is 5.11. The third-order valence-electron chi connectivity index (χ3n) is 4.33. The molecule has 1 heteroatoms. The molecule has 94 valence electrons. The SMILES string of the molecule is C=CCCCN1C2C=CC=CC2C2C=CC=CC21. The van der Waals surface area contributed by atoms with E-state index in [2.05, 4.69) is 60.1 Å². The summed E-state index contributed by atoms with van der Waals surface area (Å²) in [5.41, 5.74) is 0. The van der Waals surface area contributed by atoms with Crippen LogP contribution < -0.4 is 0 Å². The summed E-state index contributed by atoms with van der Waals surface area (Å²) in [5.74, 6) is 1.31. The van der Waals surface area contributed by atoms with Gasteiger partial charge in [0.25, 0.3) is 0 Å². The predicted octanol–water partition coefficient (Wildman–Crippen LogP) is 3.49. The molecule has 1 fully saturated rings. The van der Waals surface area contributed by atoms with Crippen LogP contribution in [0.4, 0.5) is 0 Å². The lowest BCUT2D eigenvalue weighted by atomic mass is 9.83. The Morgan fingerprint density at radius 1 is 0.889 bits per heavy atom. The molecule has 18 heavy (non-hydrogen) atoms. The van der Waals surface area contributed by atoms with E-state index in [4.69, 9.17) is 0 Å². The van der Waals surface area contributed by atoms with Crippen molar-refractivity contribution in [2.75, 3.05) is 6.54 Å². The van der Waals surface area contributed by atoms with E-state index in [0.29, 0.717) is 23.9 Å². The zero-order valence-corrected chi connectivity index (χ0v) is 10.8. The molecular weight excluding hydrogens is 218 g/mol. The topological polar surface area (TPSA) is 3.24 Å². The van der Waals surface area contributed by atoms with Crippen LogP contribution in [0.1, 0.15) is 12.8 Å². The van der Waals surface area contributed by atoms with Crippen LogP contribution in [0.2, 0.25) is 0 Å². The average molecular weight is 239 g/mol. The molecule has 0 saturated carbocycles. The summed E-state index contributed by atoms with van der Waals surface area (Å²) in [7, 11) is 0. The first-order chi connectivity index (χ1) is 8.92. The Labute approximate surface area is 110 Å². The third-order valence-corrected chi connectivity index (χ3v) is 4.33. The monoisotopic (exact) mass is 239 g/mol. The van der Waals surface area contributed by atoms with Crippen molar-refractivity contribution < 1.29 is 0 Å². The van der Waals surface area contributed by atoms with Crippen LogP contribution in [-0.2, 0) is 0 Å². The van der Waals surface area contributed by atoms with Crippen molar-refractivity contribution >= 4 is 0 Å². The Morgan fingerprint density at radius 2 is 1.44 bits per heavy atom. The van der Waals surface area contributed by atoms with Gasteiger partial charge in [0.15, 0.2) is 0 Å². The van der Waals surface area contributed by atoms with Gasteiger partial charge in [-0.3, -0.25) is 4.90 Å². The lowest BCUT2D eigenvalue weighted by molar-refractivity contribution is 0.233. The quantitative estimate of drug-likeness (QED) is 0.536. The summed E-state index contributed by atoms with van der Waals surface area (Å²) in [5, 5.41) is 0. The standard InChI is InChI=1S/C17H21N/c1-2-3-8-13-18-16-11-6-4-9-14(16)15-10-5-7-12-17(15)18/h2,4-7,9-12,14-17H,1,3,8,13H2. The smallest absolute Gasteiger partial charge is 0.0356 e. The van der Waals surface area contributed by atoms with Crippen molar-refractivity contribution in [3.63, 3.8) is 0 Å². The molecule has 1 nitrogen and oxygen atoms in total. The molecule has 3 aliphatic rings. The zero-order chi connectivity index (χ0) is 12.4. The number of rotatable bonds is 4. The van der Waals surface area contributed by atoms with Crippen LogP contribution >= 0.6 is 0 Å². The highest BCUT2D eigenvalue weighted by Gasteiger charge is 2.44. The number of nitrogens with zero attached hydrogens (tertiary/aromatic N) is 1. The predicted molar refractivity (Wildman–Crippen MR) is 77.3 cm³/mol. The molecule has 0 amide bonds. The molecule has 1 aliphatic heterocycles. The van der Waals surface area contributed by atoms with Gasteiger partial charge in [0.05, 0.1) is 0 Å². The minimum atomic E-state index is 0.585. The number of likely N-dealkylation sites (tertiary alicyclic amines) is 1. The fourth-order valence-corrected chi connectivity index (χ4v) is 3.52. The minimum Gasteiger partial charge on any atom is -0.289 e. The van der Waals surface area contributed by atoms with Crippen LogP contribution in [0.15, 0.2) is 61.3 Å². The van der Waals surface area contributed by atoms with Gasteiger partial charge in [0.1, 0.15) is 0 Å². The molecule has 0 bridgehead atoms. The molecular formula is C17H21N. The number of fused-ring (bicyclic) bond motifs is 3. The first-order valence-electron chi connectivity index (χ1n) is 6.98. The highest BCUT2D eigenvalue weighted by atomic mass is 15.2. The highest BCUT2D eigenvalue weighted by molar-refractivity contribution is 5.30. The maximum atomic E-state index is 3.82. The molecule has 2 aliphatic carbocycles. The molecule has 0 N–H and O–H groups in total. The van der Waals surface area contributed by atoms with Gasteiger partial charge in [-0.05, 0) is 19.4 Å². The van der Waals surface area contributed by atoms with E-state index in [1.165, 1.54) is 13.0 Å². The summed E-state index contributed by atoms with van der Waals surface area (Å²) in [6.07, 6.45) is 22.7. The highest BCUT2D eigenvalue weighted by Crippen LogP contribution is 2.41. The van der Waals surface area contributed by atoms with Gasteiger partial charge in [-0.1, -0.05) is 54.7 Å². The number of hydrogen-bond acceptors (Lipinski definition) is 1. The summed E-state index contributed by atoms with van der Waals surface area (Å²) >= 11 is 0. The molecule has 1 saturated heterocycles. The summed E-state index contributed by atoms with van der Waals surface area (Å²) in [6.45, 7) is 4.99. The van der Waals surface area contributed by atoms with Crippen molar-refractivity contribution in [1.82, 2.24) is 4.90 Å². The van der Waals surface area contributed by atoms with Crippen molar-refractivity contribution in [2.45, 2.75) is 24.9 Å². The Bertz CT molecular complexity index is 393. The van der Waals surface area contributed by atoms with Gasteiger partial charge in [0, 0.05) is 23.9 Å². The first kappa shape index (κ1) is 11.7. The molecule has 0 radical (unpaired) electrons. The van der Waals surface area contributed by atoms with E-state index in [0.717, 1.165) is 6.42 Å². The number of allylic oxidation sites excluding steroid dienone is 5. The summed E-state index contributed by atoms with van der Waals surface area (Å²) in [4.78, 5) is 2.67. The van der Waals surface area contributed by atoms with Crippen LogP contribution in [0, 0.1) is 11.8 Å². The third kappa shape index (κ3) is 1.93. The van der Waals surface area contributed by atoms with Crippen molar-refractivity contribution in [3.05, 3.63) is 61.3 Å². The molecule has 4 unspecified atom stereocenters. The zero-order valence-electron chi connectivity index (χ0n) is 10.8. The molecule has 0 aromatic heterocycles. The minimum absolute atomic E-state index is 0.585. The van der Waals surface area contributed by atoms with Gasteiger partial charge in [-0.25, -0.2) is 0 Å². The van der Waals surface area contributed by atoms with Gasteiger partial charge >= 0.3 is 0 Å². The van der Waals surface area contributed by atoms with Crippen LogP contribution in [0.25, 0.3) is 0 Å². The molecule has 1 heterocycles. The van der Waals surface area contributed by atoms with Gasteiger partial charge < -0.3 is 0 Å².